The number of non-ortho nitro benzene ring substituents is 1. The zero-order valence-electron chi connectivity index (χ0n) is 10.6. The van der Waals surface area contributed by atoms with Crippen LogP contribution in [0.3, 0.4) is 0 Å². The smallest absolute Gasteiger partial charge is 0.270 e. The molecule has 0 amide bonds. The maximum absolute atomic E-state index is 10.8. The number of aromatic nitrogens is 1. The van der Waals surface area contributed by atoms with Gasteiger partial charge in [0, 0.05) is 23.9 Å². The monoisotopic (exact) mass is 272 g/mol. The highest BCUT2D eigenvalue weighted by molar-refractivity contribution is 5.65. The number of nitrogens with zero attached hydrogens (tertiary/aromatic N) is 2. The van der Waals surface area contributed by atoms with Crippen LogP contribution in [0.2, 0.25) is 0 Å². The summed E-state index contributed by atoms with van der Waals surface area (Å²) in [6.07, 6.45) is 1.26. The molecule has 6 nitrogen and oxygen atoms in total. The molecule has 6 heteroatoms. The van der Waals surface area contributed by atoms with Crippen molar-refractivity contribution in [3.63, 3.8) is 0 Å². The molecule has 0 spiro atoms. The van der Waals surface area contributed by atoms with Gasteiger partial charge >= 0.3 is 0 Å². The zero-order valence-corrected chi connectivity index (χ0v) is 10.6. The molecule has 1 fully saturated rings. The highest BCUT2D eigenvalue weighted by Crippen LogP contribution is 2.26. The third-order valence-electron chi connectivity index (χ3n) is 3.04. The van der Waals surface area contributed by atoms with Crippen LogP contribution in [0, 0.1) is 10.1 Å². The van der Waals surface area contributed by atoms with E-state index >= 15 is 0 Å². The lowest BCUT2D eigenvalue weighted by Crippen LogP contribution is -2.00. The Morgan fingerprint density at radius 2 is 1.95 bits per heavy atom. The molecule has 1 saturated heterocycles. The molecule has 1 aromatic carbocycles. The van der Waals surface area contributed by atoms with Crippen LogP contribution in [-0.4, -0.2) is 23.1 Å². The first kappa shape index (κ1) is 12.7. The molecule has 2 heterocycles. The maximum Gasteiger partial charge on any atom is 0.270 e. The summed E-state index contributed by atoms with van der Waals surface area (Å²) in [5, 5.41) is 10.8. The van der Waals surface area contributed by atoms with E-state index in [0.717, 1.165) is 11.1 Å². The minimum Gasteiger partial charge on any atom is -0.345 e. The molecular formula is C14H12N2O4. The quantitative estimate of drug-likeness (QED) is 0.634. The molecule has 3 rings (SSSR count). The predicted octanol–water partition coefficient (Wildman–Crippen LogP) is 2.70. The van der Waals surface area contributed by atoms with Gasteiger partial charge in [0.05, 0.1) is 23.8 Å². The lowest BCUT2D eigenvalue weighted by molar-refractivity contribution is -0.384. The van der Waals surface area contributed by atoms with Gasteiger partial charge in [0.1, 0.15) is 0 Å². The van der Waals surface area contributed by atoms with Gasteiger partial charge in [-0.15, -0.1) is 0 Å². The van der Waals surface area contributed by atoms with Crippen LogP contribution in [-0.2, 0) is 9.47 Å². The maximum atomic E-state index is 10.8. The fourth-order valence-corrected chi connectivity index (χ4v) is 2.04. The van der Waals surface area contributed by atoms with Crippen LogP contribution in [0.1, 0.15) is 12.0 Å². The van der Waals surface area contributed by atoms with E-state index in [0.29, 0.717) is 18.9 Å². The number of pyridine rings is 1. The minimum atomic E-state index is -0.411. The summed E-state index contributed by atoms with van der Waals surface area (Å²) >= 11 is 0. The molecule has 1 aromatic heterocycles. The second-order valence-electron chi connectivity index (χ2n) is 4.35. The number of hydrogen-bond donors (Lipinski definition) is 0. The highest BCUT2D eigenvalue weighted by atomic mass is 16.7. The van der Waals surface area contributed by atoms with Crippen LogP contribution in [0.5, 0.6) is 0 Å². The first-order valence-corrected chi connectivity index (χ1v) is 6.18. The average Bonchev–Trinajstić information content (AvgIpc) is 3.02. The van der Waals surface area contributed by atoms with E-state index in [-0.39, 0.29) is 5.69 Å². The van der Waals surface area contributed by atoms with Gasteiger partial charge in [0.15, 0.2) is 0 Å². The lowest BCUT2D eigenvalue weighted by Gasteiger charge is -2.08. The molecule has 0 atom stereocenters. The van der Waals surface area contributed by atoms with Crippen molar-refractivity contribution in [2.24, 2.45) is 0 Å². The second-order valence-corrected chi connectivity index (χ2v) is 4.35. The van der Waals surface area contributed by atoms with Gasteiger partial charge in [0.2, 0.25) is 6.29 Å². The zero-order chi connectivity index (χ0) is 13.9. The van der Waals surface area contributed by atoms with E-state index in [9.17, 15) is 10.1 Å². The Morgan fingerprint density at radius 1 is 1.15 bits per heavy atom. The number of nitro groups is 1. The molecule has 0 bridgehead atoms. The Hall–Kier alpha value is -2.31. The molecule has 0 aliphatic carbocycles. The normalized spacial score (nSPS) is 15.4. The van der Waals surface area contributed by atoms with E-state index in [1.165, 1.54) is 12.1 Å². The summed E-state index contributed by atoms with van der Waals surface area (Å²) in [6.45, 7) is 1.14. The number of rotatable bonds is 3. The Kier molecular flexibility index (Phi) is 3.41. The molecule has 102 valence electrons. The van der Waals surface area contributed by atoms with E-state index in [2.05, 4.69) is 4.98 Å². The Morgan fingerprint density at radius 3 is 2.60 bits per heavy atom. The molecule has 20 heavy (non-hydrogen) atoms. The molecular weight excluding hydrogens is 260 g/mol. The molecule has 0 saturated carbocycles. The molecule has 0 radical (unpaired) electrons. The van der Waals surface area contributed by atoms with E-state index in [1.54, 1.807) is 12.3 Å². The van der Waals surface area contributed by atoms with Crippen molar-refractivity contribution >= 4 is 5.69 Å². The third kappa shape index (κ3) is 2.52. The van der Waals surface area contributed by atoms with Crippen molar-refractivity contribution in [1.29, 1.82) is 0 Å². The largest absolute Gasteiger partial charge is 0.345 e. The Bertz CT molecular complexity index is 621. The van der Waals surface area contributed by atoms with Crippen LogP contribution in [0.25, 0.3) is 11.1 Å². The third-order valence-corrected chi connectivity index (χ3v) is 3.04. The summed E-state index contributed by atoms with van der Waals surface area (Å²) in [4.78, 5) is 14.6. The number of ether oxygens (including phenoxy) is 2. The van der Waals surface area contributed by atoms with E-state index < -0.39 is 11.2 Å². The molecule has 1 aliphatic heterocycles. The first-order valence-electron chi connectivity index (χ1n) is 6.18. The highest BCUT2D eigenvalue weighted by Gasteiger charge is 2.19. The van der Waals surface area contributed by atoms with Gasteiger partial charge in [-0.05, 0) is 11.6 Å². The van der Waals surface area contributed by atoms with Crippen LogP contribution in [0.4, 0.5) is 5.69 Å². The van der Waals surface area contributed by atoms with Gasteiger partial charge in [-0.3, -0.25) is 15.1 Å². The number of nitro benzene ring substituents is 1. The standard InChI is InChI=1S/C14H12N2O4/c17-16(18)12-3-1-2-10(8-12)11-4-5-13(15-9-11)14-19-6-7-20-14/h1-5,8-9,14H,6-7H2. The van der Waals surface area contributed by atoms with E-state index in [1.807, 2.05) is 18.2 Å². The molecule has 0 N–H and O–H groups in total. The summed E-state index contributed by atoms with van der Waals surface area (Å²) < 4.78 is 10.7. The van der Waals surface area contributed by atoms with Gasteiger partial charge in [-0.1, -0.05) is 18.2 Å². The van der Waals surface area contributed by atoms with Gasteiger partial charge < -0.3 is 9.47 Å². The average molecular weight is 272 g/mol. The summed E-state index contributed by atoms with van der Waals surface area (Å²) in [5.41, 5.74) is 2.34. The number of benzene rings is 1. The Balaban J connectivity index is 1.87. The first-order chi connectivity index (χ1) is 9.74. The summed E-state index contributed by atoms with van der Waals surface area (Å²) in [6, 6.07) is 10.1. The SMILES string of the molecule is O=[N+]([O-])c1cccc(-c2ccc(C3OCCO3)nc2)c1. The summed E-state index contributed by atoms with van der Waals surface area (Å²) in [5.74, 6) is 0. The van der Waals surface area contributed by atoms with Crippen molar-refractivity contribution < 1.29 is 14.4 Å². The predicted molar refractivity (Wildman–Crippen MR) is 71.0 cm³/mol. The van der Waals surface area contributed by atoms with Crippen molar-refractivity contribution in [3.8, 4) is 11.1 Å². The van der Waals surface area contributed by atoms with Crippen molar-refractivity contribution in [3.05, 3.63) is 58.4 Å². The van der Waals surface area contributed by atoms with Crippen molar-refractivity contribution in [1.82, 2.24) is 4.98 Å². The lowest BCUT2D eigenvalue weighted by atomic mass is 10.1. The van der Waals surface area contributed by atoms with Crippen LogP contribution < -0.4 is 0 Å². The van der Waals surface area contributed by atoms with Crippen LogP contribution >= 0.6 is 0 Å². The van der Waals surface area contributed by atoms with Crippen molar-refractivity contribution in [2.45, 2.75) is 6.29 Å². The second kappa shape index (κ2) is 5.36. The van der Waals surface area contributed by atoms with Crippen LogP contribution in [0.15, 0.2) is 42.6 Å². The van der Waals surface area contributed by atoms with E-state index in [4.69, 9.17) is 9.47 Å². The molecule has 2 aromatic rings. The fraction of sp³-hybridized carbons (Fsp3) is 0.214. The topological polar surface area (TPSA) is 74.5 Å². The fourth-order valence-electron chi connectivity index (χ4n) is 2.04. The Labute approximate surface area is 115 Å². The molecule has 0 unspecified atom stereocenters. The van der Waals surface area contributed by atoms with Gasteiger partial charge in [0.25, 0.3) is 5.69 Å². The minimum absolute atomic E-state index is 0.0639. The van der Waals surface area contributed by atoms with Gasteiger partial charge in [-0.25, -0.2) is 0 Å². The van der Waals surface area contributed by atoms with Gasteiger partial charge in [-0.2, -0.15) is 0 Å². The molecule has 1 aliphatic rings. The summed E-state index contributed by atoms with van der Waals surface area (Å²) in [7, 11) is 0. The van der Waals surface area contributed by atoms with Crippen molar-refractivity contribution in [2.75, 3.05) is 13.2 Å². The number of hydrogen-bond acceptors (Lipinski definition) is 5.